The Morgan fingerprint density at radius 3 is 2.62 bits per heavy atom. The van der Waals surface area contributed by atoms with Gasteiger partial charge in [0.1, 0.15) is 5.69 Å². The van der Waals surface area contributed by atoms with E-state index < -0.39 is 0 Å². The maximum atomic E-state index is 12.2. The Morgan fingerprint density at radius 1 is 1.14 bits per heavy atom. The predicted octanol–water partition coefficient (Wildman–Crippen LogP) is 3.39. The van der Waals surface area contributed by atoms with Gasteiger partial charge in [-0.25, -0.2) is 4.79 Å². The van der Waals surface area contributed by atoms with Crippen molar-refractivity contribution >= 4 is 22.6 Å². The fourth-order valence-electron chi connectivity index (χ4n) is 2.44. The number of aromatic nitrogens is 1. The Balaban J connectivity index is 2.28. The van der Waals surface area contributed by atoms with Crippen molar-refractivity contribution in [3.8, 4) is 5.69 Å². The minimum atomic E-state index is -0.337. The summed E-state index contributed by atoms with van der Waals surface area (Å²) in [4.78, 5) is 12.2. The first-order valence-electron chi connectivity index (χ1n) is 6.84. The van der Waals surface area contributed by atoms with E-state index >= 15 is 0 Å². The van der Waals surface area contributed by atoms with Crippen LogP contribution in [0.1, 0.15) is 17.4 Å². The quantitative estimate of drug-likeness (QED) is 0.591. The number of fused-ring (bicyclic) bond motifs is 1. The Bertz CT molecular complexity index is 791. The van der Waals surface area contributed by atoms with Gasteiger partial charge in [-0.2, -0.15) is 0 Å². The van der Waals surface area contributed by atoms with Crippen molar-refractivity contribution in [3.05, 3.63) is 60.3 Å². The molecule has 2 N–H and O–H groups in total. The van der Waals surface area contributed by atoms with Gasteiger partial charge in [-0.15, -0.1) is 0 Å². The highest BCUT2D eigenvalue weighted by atomic mass is 16.5. The van der Waals surface area contributed by atoms with Crippen molar-refractivity contribution in [3.63, 3.8) is 0 Å². The number of ether oxygens (including phenoxy) is 1. The zero-order valence-corrected chi connectivity index (χ0v) is 11.7. The number of anilines is 1. The molecule has 1 aromatic heterocycles. The van der Waals surface area contributed by atoms with E-state index in [2.05, 4.69) is 0 Å². The number of nitrogen functional groups attached to an aromatic ring is 1. The van der Waals surface area contributed by atoms with Crippen LogP contribution in [0.2, 0.25) is 0 Å². The summed E-state index contributed by atoms with van der Waals surface area (Å²) in [7, 11) is 0. The molecular formula is C17H16N2O2. The minimum Gasteiger partial charge on any atom is -0.461 e. The summed E-state index contributed by atoms with van der Waals surface area (Å²) in [6.07, 6.45) is 0. The third-order valence-electron chi connectivity index (χ3n) is 3.32. The lowest BCUT2D eigenvalue weighted by molar-refractivity contribution is 0.0517. The summed E-state index contributed by atoms with van der Waals surface area (Å²) < 4.78 is 7.05. The first-order valence-corrected chi connectivity index (χ1v) is 6.84. The van der Waals surface area contributed by atoms with E-state index in [4.69, 9.17) is 10.5 Å². The zero-order valence-electron chi connectivity index (χ0n) is 11.7. The number of rotatable bonds is 3. The molecule has 0 fully saturated rings. The summed E-state index contributed by atoms with van der Waals surface area (Å²) >= 11 is 0. The highest BCUT2D eigenvalue weighted by molar-refractivity contribution is 5.97. The highest BCUT2D eigenvalue weighted by Gasteiger charge is 2.17. The number of hydrogen-bond donors (Lipinski definition) is 1. The Labute approximate surface area is 122 Å². The second-order valence-electron chi connectivity index (χ2n) is 4.74. The average Bonchev–Trinajstić information content (AvgIpc) is 2.87. The molecule has 4 heteroatoms. The van der Waals surface area contributed by atoms with Crippen LogP contribution >= 0.6 is 0 Å². The smallest absolute Gasteiger partial charge is 0.355 e. The summed E-state index contributed by atoms with van der Waals surface area (Å²) in [6.45, 7) is 2.14. The predicted molar refractivity (Wildman–Crippen MR) is 83.6 cm³/mol. The highest BCUT2D eigenvalue weighted by Crippen LogP contribution is 2.26. The lowest BCUT2D eigenvalue weighted by Crippen LogP contribution is -2.10. The maximum absolute atomic E-state index is 12.2. The fourth-order valence-corrected chi connectivity index (χ4v) is 2.44. The normalized spacial score (nSPS) is 10.7. The molecule has 3 rings (SSSR count). The Kier molecular flexibility index (Phi) is 3.36. The van der Waals surface area contributed by atoms with Gasteiger partial charge in [0.15, 0.2) is 0 Å². The van der Waals surface area contributed by atoms with Crippen LogP contribution in [0.3, 0.4) is 0 Å². The number of carbonyl (C=O) groups excluding carboxylic acids is 1. The second-order valence-corrected chi connectivity index (χ2v) is 4.74. The van der Waals surface area contributed by atoms with Crippen molar-refractivity contribution < 1.29 is 9.53 Å². The zero-order chi connectivity index (χ0) is 14.8. The third kappa shape index (κ3) is 2.36. The van der Waals surface area contributed by atoms with Gasteiger partial charge in [-0.05, 0) is 43.3 Å². The van der Waals surface area contributed by atoms with E-state index in [1.165, 1.54) is 0 Å². The van der Waals surface area contributed by atoms with Gasteiger partial charge in [0, 0.05) is 16.8 Å². The number of carbonyl (C=O) groups is 1. The van der Waals surface area contributed by atoms with E-state index in [0.717, 1.165) is 16.6 Å². The molecule has 0 aliphatic carbocycles. The van der Waals surface area contributed by atoms with Crippen molar-refractivity contribution in [2.45, 2.75) is 6.92 Å². The van der Waals surface area contributed by atoms with Gasteiger partial charge in [0.05, 0.1) is 12.1 Å². The second kappa shape index (κ2) is 5.32. The van der Waals surface area contributed by atoms with E-state index in [1.807, 2.05) is 59.2 Å². The van der Waals surface area contributed by atoms with E-state index in [9.17, 15) is 4.79 Å². The van der Waals surface area contributed by atoms with Gasteiger partial charge in [0.25, 0.3) is 0 Å². The molecule has 21 heavy (non-hydrogen) atoms. The van der Waals surface area contributed by atoms with Crippen LogP contribution in [0.5, 0.6) is 0 Å². The van der Waals surface area contributed by atoms with Gasteiger partial charge in [-0.3, -0.25) is 0 Å². The van der Waals surface area contributed by atoms with Gasteiger partial charge < -0.3 is 15.0 Å². The Hall–Kier alpha value is -2.75. The molecular weight excluding hydrogens is 264 g/mol. The van der Waals surface area contributed by atoms with Crippen molar-refractivity contribution in [2.24, 2.45) is 0 Å². The van der Waals surface area contributed by atoms with Crippen LogP contribution in [0.15, 0.2) is 54.6 Å². The first kappa shape index (κ1) is 13.2. The maximum Gasteiger partial charge on any atom is 0.355 e. The molecule has 106 valence electrons. The molecule has 4 nitrogen and oxygen atoms in total. The lowest BCUT2D eigenvalue weighted by atomic mass is 10.2. The molecule has 3 aromatic rings. The van der Waals surface area contributed by atoms with Crippen LogP contribution < -0.4 is 5.73 Å². The molecule has 0 radical (unpaired) electrons. The van der Waals surface area contributed by atoms with Gasteiger partial charge in [-0.1, -0.05) is 18.2 Å². The number of nitrogens with zero attached hydrogens (tertiary/aromatic N) is 1. The molecule has 2 aromatic carbocycles. The monoisotopic (exact) mass is 280 g/mol. The van der Waals surface area contributed by atoms with Crippen LogP contribution in [0, 0.1) is 0 Å². The lowest BCUT2D eigenvalue weighted by Gasteiger charge is -2.10. The number of hydrogen-bond acceptors (Lipinski definition) is 3. The standard InChI is InChI=1S/C17H16N2O2/c1-2-21-17(20)16-11-12-10-13(18)8-9-15(12)19(16)14-6-4-3-5-7-14/h3-11H,2,18H2,1H3. The third-order valence-corrected chi connectivity index (χ3v) is 3.32. The van der Waals surface area contributed by atoms with E-state index in [0.29, 0.717) is 18.0 Å². The van der Waals surface area contributed by atoms with Crippen molar-refractivity contribution in [2.75, 3.05) is 12.3 Å². The van der Waals surface area contributed by atoms with Crippen molar-refractivity contribution in [1.29, 1.82) is 0 Å². The number of para-hydroxylation sites is 1. The largest absolute Gasteiger partial charge is 0.461 e. The average molecular weight is 280 g/mol. The van der Waals surface area contributed by atoms with Crippen LogP contribution in [-0.2, 0) is 4.74 Å². The SMILES string of the molecule is CCOC(=O)c1cc2cc(N)ccc2n1-c1ccccc1. The fraction of sp³-hybridized carbons (Fsp3) is 0.118. The molecule has 0 aliphatic rings. The molecule has 0 atom stereocenters. The minimum absolute atomic E-state index is 0.337. The molecule has 0 bridgehead atoms. The molecule has 0 saturated heterocycles. The van der Waals surface area contributed by atoms with Crippen molar-refractivity contribution in [1.82, 2.24) is 4.57 Å². The molecule has 0 amide bonds. The molecule has 0 saturated carbocycles. The van der Waals surface area contributed by atoms with Crippen LogP contribution in [0.25, 0.3) is 16.6 Å². The molecule has 0 unspecified atom stereocenters. The summed E-state index contributed by atoms with van der Waals surface area (Å²) in [5.41, 5.74) is 8.85. The van der Waals surface area contributed by atoms with Gasteiger partial charge >= 0.3 is 5.97 Å². The topological polar surface area (TPSA) is 57.2 Å². The van der Waals surface area contributed by atoms with Crippen LogP contribution in [-0.4, -0.2) is 17.1 Å². The summed E-state index contributed by atoms with van der Waals surface area (Å²) in [6, 6.07) is 17.2. The Morgan fingerprint density at radius 2 is 1.90 bits per heavy atom. The molecule has 0 aliphatic heterocycles. The number of nitrogens with two attached hydrogens (primary N) is 1. The summed E-state index contributed by atoms with van der Waals surface area (Å²) in [5.74, 6) is -0.337. The number of benzene rings is 2. The summed E-state index contributed by atoms with van der Waals surface area (Å²) in [5, 5.41) is 0.918. The molecule has 0 spiro atoms. The first-order chi connectivity index (χ1) is 10.2. The van der Waals surface area contributed by atoms with E-state index in [-0.39, 0.29) is 5.97 Å². The van der Waals surface area contributed by atoms with E-state index in [1.54, 1.807) is 6.92 Å². The number of esters is 1. The van der Waals surface area contributed by atoms with Gasteiger partial charge in [0.2, 0.25) is 0 Å². The molecule has 1 heterocycles. The van der Waals surface area contributed by atoms with Crippen LogP contribution in [0.4, 0.5) is 5.69 Å².